The second-order valence-corrected chi connectivity index (χ2v) is 11.5. The van der Waals surface area contributed by atoms with Crippen molar-refractivity contribution in [1.29, 1.82) is 0 Å². The highest BCUT2D eigenvalue weighted by Crippen LogP contribution is 2.44. The molecule has 2 aliphatic rings. The maximum Gasteiger partial charge on any atom is 0.323 e. The van der Waals surface area contributed by atoms with Crippen LogP contribution in [0.25, 0.3) is 5.00 Å². The van der Waals surface area contributed by atoms with Crippen LogP contribution in [0, 0.1) is 0 Å². The van der Waals surface area contributed by atoms with Crippen molar-refractivity contribution >= 4 is 40.4 Å². The van der Waals surface area contributed by atoms with E-state index in [-0.39, 0.29) is 24.5 Å². The zero-order valence-corrected chi connectivity index (χ0v) is 22.4. The van der Waals surface area contributed by atoms with E-state index in [4.69, 9.17) is 4.74 Å². The van der Waals surface area contributed by atoms with E-state index in [0.29, 0.717) is 18.8 Å². The average Bonchev–Trinajstić information content (AvgIpc) is 3.65. The van der Waals surface area contributed by atoms with Gasteiger partial charge in [0.1, 0.15) is 11.0 Å². The number of amides is 2. The number of ether oxygens (including phenoxy) is 1. The Morgan fingerprint density at radius 1 is 1.05 bits per heavy atom. The van der Waals surface area contributed by atoms with E-state index in [0.717, 1.165) is 29.0 Å². The van der Waals surface area contributed by atoms with E-state index in [1.807, 2.05) is 46.6 Å². The van der Waals surface area contributed by atoms with Gasteiger partial charge in [-0.2, -0.15) is 0 Å². The smallest absolute Gasteiger partial charge is 0.323 e. The highest BCUT2D eigenvalue weighted by Gasteiger charge is 2.36. The molecular weight excluding hydrogens is 502 g/mol. The monoisotopic (exact) mass is 531 g/mol. The van der Waals surface area contributed by atoms with Gasteiger partial charge in [-0.05, 0) is 79.4 Å². The van der Waals surface area contributed by atoms with E-state index in [9.17, 15) is 9.59 Å². The molecular formula is C29H29N3O3S2. The molecule has 6 nitrogen and oxygen atoms in total. The SMILES string of the molecule is CCOC(=O)Cc1ccc(NC(=O)N2Cc3c(sc4c3CCCC4)-n3cccc3C2c2cccs2)cc1. The Hall–Kier alpha value is -3.36. The average molecular weight is 532 g/mol. The number of thiophene rings is 2. The minimum absolute atomic E-state index is 0.132. The molecule has 2 amide bonds. The largest absolute Gasteiger partial charge is 0.466 e. The summed E-state index contributed by atoms with van der Waals surface area (Å²) in [4.78, 5) is 30.4. The van der Waals surface area contributed by atoms with Crippen LogP contribution in [-0.4, -0.2) is 28.1 Å². The summed E-state index contributed by atoms with van der Waals surface area (Å²) in [5.74, 6) is -0.249. The number of carbonyl (C=O) groups excluding carboxylic acids is 2. The second kappa shape index (κ2) is 10.2. The number of nitrogens with zero attached hydrogens (tertiary/aromatic N) is 2. The first-order valence-corrected chi connectivity index (χ1v) is 14.5. The number of benzene rings is 1. The molecule has 4 heterocycles. The third-order valence-corrected chi connectivity index (χ3v) is 9.37. The van der Waals surface area contributed by atoms with Crippen molar-refractivity contribution in [3.05, 3.63) is 92.2 Å². The fourth-order valence-electron chi connectivity index (χ4n) is 5.41. The summed E-state index contributed by atoms with van der Waals surface area (Å²) >= 11 is 3.57. The van der Waals surface area contributed by atoms with Gasteiger partial charge in [-0.1, -0.05) is 18.2 Å². The first-order chi connectivity index (χ1) is 18.1. The molecule has 1 aliphatic carbocycles. The topological polar surface area (TPSA) is 63.6 Å². The summed E-state index contributed by atoms with van der Waals surface area (Å²) < 4.78 is 7.35. The Kier molecular flexibility index (Phi) is 6.61. The van der Waals surface area contributed by atoms with Crippen molar-refractivity contribution in [2.24, 2.45) is 0 Å². The summed E-state index contributed by atoms with van der Waals surface area (Å²) in [6, 6.07) is 15.5. The molecule has 190 valence electrons. The lowest BCUT2D eigenvalue weighted by Crippen LogP contribution is -2.37. The summed E-state index contributed by atoms with van der Waals surface area (Å²) in [6.07, 6.45) is 7.01. The predicted octanol–water partition coefficient (Wildman–Crippen LogP) is 6.72. The zero-order valence-electron chi connectivity index (χ0n) is 20.7. The Bertz CT molecular complexity index is 1420. The number of aromatic nitrogens is 1. The van der Waals surface area contributed by atoms with Gasteiger partial charge in [-0.15, -0.1) is 22.7 Å². The van der Waals surface area contributed by atoms with Gasteiger partial charge >= 0.3 is 12.0 Å². The molecule has 1 aromatic carbocycles. The van der Waals surface area contributed by atoms with Crippen LogP contribution in [0.5, 0.6) is 0 Å². The number of rotatable bonds is 5. The number of carbonyl (C=O) groups is 2. The van der Waals surface area contributed by atoms with E-state index < -0.39 is 0 Å². The number of esters is 1. The van der Waals surface area contributed by atoms with Crippen LogP contribution in [0.3, 0.4) is 0 Å². The number of aryl methyl sites for hydroxylation is 1. The van der Waals surface area contributed by atoms with Crippen molar-refractivity contribution in [2.45, 2.75) is 51.6 Å². The summed E-state index contributed by atoms with van der Waals surface area (Å²) in [6.45, 7) is 2.74. The first kappa shape index (κ1) is 24.0. The lowest BCUT2D eigenvalue weighted by atomic mass is 9.95. The highest BCUT2D eigenvalue weighted by atomic mass is 32.1. The summed E-state index contributed by atoms with van der Waals surface area (Å²) in [7, 11) is 0. The van der Waals surface area contributed by atoms with Crippen molar-refractivity contribution < 1.29 is 14.3 Å². The molecule has 3 aromatic heterocycles. The lowest BCUT2D eigenvalue weighted by Gasteiger charge is -2.30. The molecule has 0 radical (unpaired) electrons. The normalized spacial score (nSPS) is 16.4. The van der Waals surface area contributed by atoms with Gasteiger partial charge < -0.3 is 19.5 Å². The molecule has 1 atom stereocenters. The summed E-state index contributed by atoms with van der Waals surface area (Å²) in [5.41, 5.74) is 5.40. The maximum absolute atomic E-state index is 13.9. The highest BCUT2D eigenvalue weighted by molar-refractivity contribution is 7.15. The molecule has 6 rings (SSSR count). The molecule has 0 fully saturated rings. The molecule has 8 heteroatoms. The molecule has 1 unspecified atom stereocenters. The van der Waals surface area contributed by atoms with Gasteiger partial charge in [0.2, 0.25) is 0 Å². The molecule has 1 aliphatic heterocycles. The molecule has 1 N–H and O–H groups in total. The van der Waals surface area contributed by atoms with E-state index in [1.54, 1.807) is 18.3 Å². The van der Waals surface area contributed by atoms with Crippen molar-refractivity contribution in [2.75, 3.05) is 11.9 Å². The van der Waals surface area contributed by atoms with Crippen LogP contribution in [0.4, 0.5) is 10.5 Å². The van der Waals surface area contributed by atoms with Crippen molar-refractivity contribution in [3.8, 4) is 5.00 Å². The molecule has 37 heavy (non-hydrogen) atoms. The van der Waals surface area contributed by atoms with E-state index >= 15 is 0 Å². The summed E-state index contributed by atoms with van der Waals surface area (Å²) in [5, 5.41) is 6.46. The maximum atomic E-state index is 13.9. The third-order valence-electron chi connectivity index (χ3n) is 7.11. The minimum Gasteiger partial charge on any atom is -0.466 e. The Balaban J connectivity index is 1.34. The predicted molar refractivity (Wildman–Crippen MR) is 148 cm³/mol. The first-order valence-electron chi connectivity index (χ1n) is 12.8. The Labute approximate surface area is 224 Å². The van der Waals surface area contributed by atoms with Gasteiger partial charge in [-0.3, -0.25) is 4.79 Å². The molecule has 0 bridgehead atoms. The Morgan fingerprint density at radius 3 is 2.68 bits per heavy atom. The fraction of sp³-hybridized carbons (Fsp3) is 0.310. The van der Waals surface area contributed by atoms with Crippen molar-refractivity contribution in [3.63, 3.8) is 0 Å². The number of urea groups is 1. The molecule has 0 spiro atoms. The zero-order chi connectivity index (χ0) is 25.4. The number of anilines is 1. The van der Waals surface area contributed by atoms with Crippen LogP contribution in [0.2, 0.25) is 0 Å². The quantitative estimate of drug-likeness (QED) is 0.291. The van der Waals surface area contributed by atoms with E-state index in [2.05, 4.69) is 39.7 Å². The minimum atomic E-state index is -0.249. The van der Waals surface area contributed by atoms with Gasteiger partial charge in [-0.25, -0.2) is 4.79 Å². The number of fused-ring (bicyclic) bond motifs is 5. The number of nitrogens with one attached hydrogen (secondary N) is 1. The number of hydrogen-bond acceptors (Lipinski definition) is 5. The molecule has 0 saturated carbocycles. The van der Waals surface area contributed by atoms with Gasteiger partial charge in [0.15, 0.2) is 0 Å². The van der Waals surface area contributed by atoms with Gasteiger partial charge in [0.25, 0.3) is 0 Å². The van der Waals surface area contributed by atoms with Crippen LogP contribution < -0.4 is 5.32 Å². The Morgan fingerprint density at radius 2 is 1.89 bits per heavy atom. The standard InChI is InChI=1S/C29H29N3O3S2/c1-2-35-26(33)17-19-11-13-20(14-12-19)30-29(34)32-18-22-21-7-3-4-9-24(21)37-28(22)31-15-5-8-23(31)27(32)25-10-6-16-36-25/h5-6,8,10-16,27H,2-4,7,9,17-18H2,1H3,(H,30,34). The van der Waals surface area contributed by atoms with Crippen LogP contribution in [-0.2, 0) is 35.3 Å². The van der Waals surface area contributed by atoms with Gasteiger partial charge in [0, 0.05) is 27.2 Å². The molecule has 0 saturated heterocycles. The number of hydrogen-bond donors (Lipinski definition) is 1. The second-order valence-electron chi connectivity index (χ2n) is 9.45. The van der Waals surface area contributed by atoms with Crippen LogP contribution >= 0.6 is 22.7 Å². The van der Waals surface area contributed by atoms with Crippen LogP contribution in [0.1, 0.15) is 57.9 Å². The molecule has 4 aromatic rings. The lowest BCUT2D eigenvalue weighted by molar-refractivity contribution is -0.142. The van der Waals surface area contributed by atoms with Crippen LogP contribution in [0.15, 0.2) is 60.1 Å². The van der Waals surface area contributed by atoms with Crippen molar-refractivity contribution in [1.82, 2.24) is 9.47 Å². The fourth-order valence-corrected chi connectivity index (χ4v) is 7.66. The third kappa shape index (κ3) is 4.60. The van der Waals surface area contributed by atoms with Gasteiger partial charge in [0.05, 0.1) is 25.3 Å². The van der Waals surface area contributed by atoms with E-state index in [1.165, 1.54) is 33.8 Å².